The number of hydrogen-bond donors (Lipinski definition) is 1. The van der Waals surface area contributed by atoms with Crippen LogP contribution < -0.4 is 9.73 Å². The van der Waals surface area contributed by atoms with Crippen LogP contribution in [0.3, 0.4) is 0 Å². The smallest absolute Gasteiger partial charge is 0.264 e. The van der Waals surface area contributed by atoms with Gasteiger partial charge in [0.1, 0.15) is 6.54 Å². The van der Waals surface area contributed by atoms with Gasteiger partial charge in [-0.15, -0.1) is 0 Å². The zero-order valence-corrected chi connectivity index (χ0v) is 23.5. The maximum absolute atomic E-state index is 13.4. The van der Waals surface area contributed by atoms with Gasteiger partial charge in [-0.25, -0.2) is 13.8 Å². The Bertz CT molecular complexity index is 1580. The number of carbonyl (C=O) groups is 1. The molecule has 0 bridgehead atoms. The monoisotopic (exact) mass is 588 g/mol. The summed E-state index contributed by atoms with van der Waals surface area (Å²) in [6.45, 7) is 3.34. The first kappa shape index (κ1) is 27.7. The van der Waals surface area contributed by atoms with Crippen LogP contribution in [0.25, 0.3) is 5.69 Å². The van der Waals surface area contributed by atoms with Crippen molar-refractivity contribution < 1.29 is 13.2 Å². The number of halogens is 3. The number of amides is 1. The second kappa shape index (κ2) is 11.6. The first-order valence-corrected chi connectivity index (χ1v) is 13.9. The summed E-state index contributed by atoms with van der Waals surface area (Å²) in [6.07, 6.45) is 1.50. The Balaban J connectivity index is 1.55. The SMILES string of the molecule is Cc1cc(/C=N/NC(=O)CN(c2ccc(Cl)cc2)S(=O)(=O)c2ccccc2)c(C)n1-c1cc(Cl)cc(Cl)c1. The molecule has 4 rings (SSSR count). The van der Waals surface area contributed by atoms with Crippen LogP contribution in [0.2, 0.25) is 15.1 Å². The fraction of sp³-hybridized carbons (Fsp3) is 0.111. The molecular formula is C27H23Cl3N4O3S. The molecule has 38 heavy (non-hydrogen) atoms. The van der Waals surface area contributed by atoms with Crippen molar-refractivity contribution in [1.29, 1.82) is 0 Å². The maximum Gasteiger partial charge on any atom is 0.264 e. The fourth-order valence-corrected chi connectivity index (χ4v) is 6.05. The standard InChI is InChI=1S/C27H23Cl3N4O3S/c1-18-12-20(19(2)34(18)25-14-22(29)13-23(30)15-25)16-31-32-27(35)17-33(24-10-8-21(28)9-11-24)38(36,37)26-6-4-3-5-7-26/h3-16H,17H2,1-2H3,(H,32,35)/b31-16+. The van der Waals surface area contributed by atoms with Crippen LogP contribution in [0.5, 0.6) is 0 Å². The number of sulfonamides is 1. The predicted molar refractivity (Wildman–Crippen MR) is 153 cm³/mol. The summed E-state index contributed by atoms with van der Waals surface area (Å²) in [4.78, 5) is 12.9. The molecule has 0 fully saturated rings. The van der Waals surface area contributed by atoms with Gasteiger partial charge in [0.25, 0.3) is 15.9 Å². The molecule has 0 unspecified atom stereocenters. The third kappa shape index (κ3) is 6.22. The van der Waals surface area contributed by atoms with Crippen molar-refractivity contribution in [3.05, 3.63) is 111 Å². The highest BCUT2D eigenvalue weighted by Gasteiger charge is 2.27. The Morgan fingerprint density at radius 2 is 1.55 bits per heavy atom. The van der Waals surface area contributed by atoms with Crippen molar-refractivity contribution in [2.24, 2.45) is 5.10 Å². The zero-order chi connectivity index (χ0) is 27.4. The number of nitrogens with one attached hydrogen (secondary N) is 1. The lowest BCUT2D eigenvalue weighted by Gasteiger charge is -2.23. The van der Waals surface area contributed by atoms with E-state index in [-0.39, 0.29) is 4.90 Å². The maximum atomic E-state index is 13.4. The lowest BCUT2D eigenvalue weighted by atomic mass is 10.2. The summed E-state index contributed by atoms with van der Waals surface area (Å²) >= 11 is 18.3. The molecule has 0 saturated heterocycles. The number of rotatable bonds is 8. The van der Waals surface area contributed by atoms with Crippen molar-refractivity contribution in [2.45, 2.75) is 18.7 Å². The van der Waals surface area contributed by atoms with Gasteiger partial charge < -0.3 is 4.57 Å². The molecule has 0 aliphatic rings. The van der Waals surface area contributed by atoms with Crippen molar-refractivity contribution in [2.75, 3.05) is 10.8 Å². The van der Waals surface area contributed by atoms with Crippen LogP contribution in [-0.4, -0.2) is 31.7 Å². The number of hydrogen-bond acceptors (Lipinski definition) is 4. The molecule has 0 aliphatic heterocycles. The fourth-order valence-electron chi connectivity index (χ4n) is 3.97. The van der Waals surface area contributed by atoms with Crippen molar-refractivity contribution in [3.8, 4) is 5.69 Å². The minimum absolute atomic E-state index is 0.0554. The van der Waals surface area contributed by atoms with Crippen LogP contribution in [0, 0.1) is 13.8 Å². The average Bonchev–Trinajstić information content (AvgIpc) is 3.15. The average molecular weight is 590 g/mol. The third-order valence-corrected chi connectivity index (χ3v) is 8.18. The lowest BCUT2D eigenvalue weighted by Crippen LogP contribution is -2.39. The van der Waals surface area contributed by atoms with Crippen LogP contribution in [-0.2, 0) is 14.8 Å². The van der Waals surface area contributed by atoms with Crippen molar-refractivity contribution in [1.82, 2.24) is 9.99 Å². The van der Waals surface area contributed by atoms with Gasteiger partial charge in [-0.1, -0.05) is 53.0 Å². The summed E-state index contributed by atoms with van der Waals surface area (Å²) in [6, 6.07) is 21.2. The molecule has 7 nitrogen and oxygen atoms in total. The highest BCUT2D eigenvalue weighted by Crippen LogP contribution is 2.27. The minimum Gasteiger partial charge on any atom is -0.318 e. The van der Waals surface area contributed by atoms with E-state index >= 15 is 0 Å². The van der Waals surface area contributed by atoms with Gasteiger partial charge in [-0.2, -0.15) is 5.10 Å². The Morgan fingerprint density at radius 3 is 2.18 bits per heavy atom. The molecule has 4 aromatic rings. The van der Waals surface area contributed by atoms with Crippen LogP contribution in [0.15, 0.2) is 88.9 Å². The van der Waals surface area contributed by atoms with E-state index in [1.807, 2.05) is 24.5 Å². The number of benzene rings is 3. The highest BCUT2D eigenvalue weighted by atomic mass is 35.5. The number of aromatic nitrogens is 1. The molecule has 196 valence electrons. The normalized spacial score (nSPS) is 11.6. The molecule has 1 heterocycles. The first-order chi connectivity index (χ1) is 18.1. The van der Waals surface area contributed by atoms with Gasteiger partial charge in [-0.05, 0) is 74.5 Å². The summed E-state index contributed by atoms with van der Waals surface area (Å²) < 4.78 is 29.7. The number of nitrogens with zero attached hydrogens (tertiary/aromatic N) is 3. The summed E-state index contributed by atoms with van der Waals surface area (Å²) in [5, 5.41) is 5.54. The number of hydrazone groups is 1. The molecule has 0 aliphatic carbocycles. The van der Waals surface area contributed by atoms with Crippen molar-refractivity contribution >= 4 is 62.6 Å². The molecule has 11 heteroatoms. The predicted octanol–water partition coefficient (Wildman–Crippen LogP) is 6.40. The van der Waals surface area contributed by atoms with E-state index in [4.69, 9.17) is 34.8 Å². The number of anilines is 1. The summed E-state index contributed by atoms with van der Waals surface area (Å²) in [5.74, 6) is -0.619. The molecular weight excluding hydrogens is 567 g/mol. The number of carbonyl (C=O) groups excluding carboxylic acids is 1. The summed E-state index contributed by atoms with van der Waals surface area (Å²) in [7, 11) is -4.03. The van der Waals surface area contributed by atoms with E-state index in [9.17, 15) is 13.2 Å². The molecule has 1 amide bonds. The largest absolute Gasteiger partial charge is 0.318 e. The second-order valence-electron chi connectivity index (χ2n) is 8.38. The quantitative estimate of drug-likeness (QED) is 0.191. The van der Waals surface area contributed by atoms with Gasteiger partial charge in [-0.3, -0.25) is 9.10 Å². The summed E-state index contributed by atoms with van der Waals surface area (Å²) in [5.41, 5.74) is 6.04. The van der Waals surface area contributed by atoms with Gasteiger partial charge in [0.15, 0.2) is 0 Å². The van der Waals surface area contributed by atoms with Crippen LogP contribution in [0.1, 0.15) is 17.0 Å². The minimum atomic E-state index is -4.03. The Hall–Kier alpha value is -3.30. The highest BCUT2D eigenvalue weighted by molar-refractivity contribution is 7.92. The van der Waals surface area contributed by atoms with Crippen LogP contribution >= 0.6 is 34.8 Å². The second-order valence-corrected chi connectivity index (χ2v) is 11.6. The molecule has 0 spiro atoms. The van der Waals surface area contributed by atoms with E-state index in [1.54, 1.807) is 48.5 Å². The van der Waals surface area contributed by atoms with Crippen molar-refractivity contribution in [3.63, 3.8) is 0 Å². The topological polar surface area (TPSA) is 83.8 Å². The van der Waals surface area contributed by atoms with Gasteiger partial charge in [0.2, 0.25) is 0 Å². The third-order valence-electron chi connectivity index (χ3n) is 5.70. The zero-order valence-electron chi connectivity index (χ0n) is 20.4. The Kier molecular flexibility index (Phi) is 8.47. The van der Waals surface area contributed by atoms with Gasteiger partial charge >= 0.3 is 0 Å². The lowest BCUT2D eigenvalue weighted by molar-refractivity contribution is -0.119. The van der Waals surface area contributed by atoms with E-state index in [1.165, 1.54) is 30.5 Å². The number of aryl methyl sites for hydroxylation is 1. The van der Waals surface area contributed by atoms with E-state index < -0.39 is 22.5 Å². The Labute approximate surface area is 236 Å². The molecule has 0 saturated carbocycles. The van der Waals surface area contributed by atoms with E-state index in [0.717, 1.165) is 26.9 Å². The van der Waals surface area contributed by atoms with E-state index in [2.05, 4.69) is 10.5 Å². The molecule has 3 aromatic carbocycles. The first-order valence-electron chi connectivity index (χ1n) is 11.4. The molecule has 1 N–H and O–H groups in total. The van der Waals surface area contributed by atoms with Gasteiger partial charge in [0, 0.05) is 37.7 Å². The Morgan fingerprint density at radius 1 is 0.921 bits per heavy atom. The van der Waals surface area contributed by atoms with E-state index in [0.29, 0.717) is 20.8 Å². The molecule has 0 radical (unpaired) electrons. The molecule has 0 atom stereocenters. The van der Waals surface area contributed by atoms with Gasteiger partial charge in [0.05, 0.1) is 16.8 Å². The molecule has 1 aromatic heterocycles. The van der Waals surface area contributed by atoms with Crippen LogP contribution in [0.4, 0.5) is 5.69 Å².